The molecule has 8 atom stereocenters. The fraction of sp³-hybridized carbons (Fsp3) is 0.833. The van der Waals surface area contributed by atoms with Gasteiger partial charge in [0.15, 0.2) is 0 Å². The van der Waals surface area contributed by atoms with Crippen LogP contribution >= 0.6 is 0 Å². The zero-order valence-electron chi connectivity index (χ0n) is 22.5. The predicted octanol–water partition coefficient (Wildman–Crippen LogP) is 7.79. The third-order valence-electron chi connectivity index (χ3n) is 11.1. The molecule has 2 N–H and O–H groups in total. The van der Waals surface area contributed by atoms with Crippen LogP contribution in [0.25, 0.3) is 0 Å². The average molecular weight is 459 g/mol. The molecular formula is C30H50O3. The number of carboxylic acid groups (broad SMARTS) is 1. The molecule has 3 saturated carbocycles. The van der Waals surface area contributed by atoms with Gasteiger partial charge >= 0.3 is 5.97 Å². The summed E-state index contributed by atoms with van der Waals surface area (Å²) in [5.74, 6) is 1.13. The minimum absolute atomic E-state index is 0.0186. The fourth-order valence-corrected chi connectivity index (χ4v) is 9.23. The monoisotopic (exact) mass is 458 g/mol. The van der Waals surface area contributed by atoms with Gasteiger partial charge in [0.2, 0.25) is 0 Å². The van der Waals surface area contributed by atoms with Crippen LogP contribution in [0, 0.1) is 39.9 Å². The van der Waals surface area contributed by atoms with Gasteiger partial charge in [-0.3, -0.25) is 4.79 Å². The van der Waals surface area contributed by atoms with Crippen molar-refractivity contribution >= 4 is 5.97 Å². The van der Waals surface area contributed by atoms with Gasteiger partial charge < -0.3 is 10.2 Å². The summed E-state index contributed by atoms with van der Waals surface area (Å²) in [7, 11) is 0. The molecule has 188 valence electrons. The lowest BCUT2D eigenvalue weighted by atomic mass is 9.38. The molecule has 0 heterocycles. The van der Waals surface area contributed by atoms with E-state index in [2.05, 4.69) is 61.1 Å². The van der Waals surface area contributed by atoms with E-state index in [4.69, 9.17) is 0 Å². The van der Waals surface area contributed by atoms with Gasteiger partial charge in [-0.25, -0.2) is 0 Å². The highest BCUT2D eigenvalue weighted by Crippen LogP contribution is 2.74. The molecule has 0 aliphatic heterocycles. The molecule has 0 amide bonds. The Kier molecular flexibility index (Phi) is 7.37. The molecule has 3 aliphatic carbocycles. The molecule has 0 radical (unpaired) electrons. The Hall–Kier alpha value is -1.09. The SMILES string of the molecule is C=C(C)C1CC[C@@]2(C)C(CCC3[C@@H](C(C)(O)CCC=C(C)C)CC[C@@]32C)[C@]1(C)CCC(=O)O. The van der Waals surface area contributed by atoms with E-state index in [1.54, 1.807) is 0 Å². The Morgan fingerprint density at radius 3 is 2.27 bits per heavy atom. The summed E-state index contributed by atoms with van der Waals surface area (Å²) in [4.78, 5) is 11.6. The van der Waals surface area contributed by atoms with Crippen molar-refractivity contribution in [3.8, 4) is 0 Å². The molecular weight excluding hydrogens is 408 g/mol. The lowest BCUT2D eigenvalue weighted by molar-refractivity contribution is -0.179. The highest BCUT2D eigenvalue weighted by molar-refractivity contribution is 5.66. The van der Waals surface area contributed by atoms with Crippen LogP contribution < -0.4 is 0 Å². The van der Waals surface area contributed by atoms with Crippen molar-refractivity contribution in [2.45, 2.75) is 118 Å². The Balaban J connectivity index is 1.91. The standard InChI is InChI=1S/C30H50O3/c1-20(2)10-9-16-30(8,33)24-14-18-28(6)23(24)11-12-25-27(5,17-15-26(31)32)22(21(3)4)13-19-29(25,28)7/h10,22-25,33H,3,9,11-19H2,1-2,4-8H3,(H,31,32)/t22?,23?,24-,25?,27+,28-,29-,30?/m0/s1. The molecule has 3 fully saturated rings. The molecule has 3 heteroatoms. The van der Waals surface area contributed by atoms with Crippen molar-refractivity contribution in [2.75, 3.05) is 0 Å². The zero-order chi connectivity index (χ0) is 24.8. The van der Waals surface area contributed by atoms with Crippen LogP contribution in [-0.4, -0.2) is 21.8 Å². The Morgan fingerprint density at radius 2 is 1.70 bits per heavy atom. The van der Waals surface area contributed by atoms with Crippen LogP contribution in [0.4, 0.5) is 0 Å². The first-order valence-electron chi connectivity index (χ1n) is 13.4. The smallest absolute Gasteiger partial charge is 0.303 e. The Bertz CT molecular complexity index is 790. The molecule has 3 nitrogen and oxygen atoms in total. The topological polar surface area (TPSA) is 57.5 Å². The molecule has 3 aliphatic rings. The van der Waals surface area contributed by atoms with Gasteiger partial charge in [0.05, 0.1) is 5.60 Å². The van der Waals surface area contributed by atoms with Gasteiger partial charge in [0.1, 0.15) is 0 Å². The number of aliphatic carboxylic acids is 1. The van der Waals surface area contributed by atoms with E-state index in [1.165, 1.54) is 24.0 Å². The number of carbonyl (C=O) groups is 1. The van der Waals surface area contributed by atoms with Crippen LogP contribution in [0.1, 0.15) is 113 Å². The minimum Gasteiger partial charge on any atom is -0.481 e. The molecule has 3 rings (SSSR count). The summed E-state index contributed by atoms with van der Waals surface area (Å²) >= 11 is 0. The maximum atomic E-state index is 11.6. The summed E-state index contributed by atoms with van der Waals surface area (Å²) in [6.45, 7) is 20.3. The summed E-state index contributed by atoms with van der Waals surface area (Å²) in [5.41, 5.74) is 2.29. The highest BCUT2D eigenvalue weighted by Gasteiger charge is 2.67. The second kappa shape index (κ2) is 9.17. The molecule has 0 saturated heterocycles. The number of hydrogen-bond acceptors (Lipinski definition) is 2. The van der Waals surface area contributed by atoms with E-state index in [0.717, 1.165) is 44.9 Å². The summed E-state index contributed by atoms with van der Waals surface area (Å²) in [6, 6.07) is 0. The van der Waals surface area contributed by atoms with E-state index in [9.17, 15) is 15.0 Å². The van der Waals surface area contributed by atoms with Gasteiger partial charge in [-0.05, 0) is 125 Å². The van der Waals surface area contributed by atoms with Crippen molar-refractivity contribution in [3.63, 3.8) is 0 Å². The van der Waals surface area contributed by atoms with E-state index in [-0.39, 0.29) is 22.7 Å². The van der Waals surface area contributed by atoms with Crippen LogP contribution in [0.3, 0.4) is 0 Å². The maximum absolute atomic E-state index is 11.6. The molecule has 0 spiro atoms. The molecule has 0 aromatic carbocycles. The number of carboxylic acids is 1. The van der Waals surface area contributed by atoms with Crippen LogP contribution in [-0.2, 0) is 4.79 Å². The average Bonchev–Trinajstić information content (AvgIpc) is 3.05. The largest absolute Gasteiger partial charge is 0.481 e. The molecule has 4 unspecified atom stereocenters. The van der Waals surface area contributed by atoms with Gasteiger partial charge in [-0.2, -0.15) is 0 Å². The van der Waals surface area contributed by atoms with Crippen LogP contribution in [0.5, 0.6) is 0 Å². The third kappa shape index (κ3) is 4.48. The van der Waals surface area contributed by atoms with E-state index >= 15 is 0 Å². The fourth-order valence-electron chi connectivity index (χ4n) is 9.23. The van der Waals surface area contributed by atoms with Crippen molar-refractivity contribution in [1.82, 2.24) is 0 Å². The summed E-state index contributed by atoms with van der Waals surface area (Å²) in [6.07, 6.45) is 11.9. The third-order valence-corrected chi connectivity index (χ3v) is 11.1. The second-order valence-electron chi connectivity index (χ2n) is 13.2. The second-order valence-corrected chi connectivity index (χ2v) is 13.2. The molecule has 33 heavy (non-hydrogen) atoms. The summed E-state index contributed by atoms with van der Waals surface area (Å²) < 4.78 is 0. The lowest BCUT2D eigenvalue weighted by Crippen LogP contribution is -2.60. The van der Waals surface area contributed by atoms with Crippen molar-refractivity contribution in [1.29, 1.82) is 0 Å². The molecule has 0 aromatic heterocycles. The van der Waals surface area contributed by atoms with Crippen molar-refractivity contribution < 1.29 is 15.0 Å². The quantitative estimate of drug-likeness (QED) is 0.365. The highest BCUT2D eigenvalue weighted by atomic mass is 16.4. The lowest BCUT2D eigenvalue weighted by Gasteiger charge is -2.66. The number of allylic oxidation sites excluding steroid dienone is 3. The van der Waals surface area contributed by atoms with Crippen LogP contribution in [0.2, 0.25) is 0 Å². The van der Waals surface area contributed by atoms with Gasteiger partial charge in [0, 0.05) is 6.42 Å². The molecule has 0 bridgehead atoms. The van der Waals surface area contributed by atoms with Crippen molar-refractivity contribution in [3.05, 3.63) is 23.8 Å². The van der Waals surface area contributed by atoms with Gasteiger partial charge in [-0.1, -0.05) is 44.6 Å². The Morgan fingerprint density at radius 1 is 1.06 bits per heavy atom. The minimum atomic E-state index is -0.683. The maximum Gasteiger partial charge on any atom is 0.303 e. The molecule has 0 aromatic rings. The first kappa shape index (κ1) is 26.5. The van der Waals surface area contributed by atoms with Gasteiger partial charge in [0.25, 0.3) is 0 Å². The number of fused-ring (bicyclic) bond motifs is 3. The van der Waals surface area contributed by atoms with Gasteiger partial charge in [-0.15, -0.1) is 0 Å². The predicted molar refractivity (Wildman–Crippen MR) is 137 cm³/mol. The van der Waals surface area contributed by atoms with E-state index < -0.39 is 11.6 Å². The van der Waals surface area contributed by atoms with E-state index in [1.807, 2.05) is 0 Å². The van der Waals surface area contributed by atoms with Crippen LogP contribution in [0.15, 0.2) is 23.8 Å². The zero-order valence-corrected chi connectivity index (χ0v) is 22.5. The first-order chi connectivity index (χ1) is 15.2. The van der Waals surface area contributed by atoms with E-state index in [0.29, 0.717) is 23.7 Å². The van der Waals surface area contributed by atoms with Crippen molar-refractivity contribution in [2.24, 2.45) is 39.9 Å². The Labute approximate surface area is 203 Å². The normalized spacial score (nSPS) is 42.1. The number of aliphatic hydroxyl groups is 1. The number of hydrogen-bond donors (Lipinski definition) is 2. The summed E-state index contributed by atoms with van der Waals surface area (Å²) in [5, 5.41) is 21.1. The first-order valence-corrected chi connectivity index (χ1v) is 13.4. The number of rotatable bonds is 8.